The Kier molecular flexibility index (Phi) is 3.30. The van der Waals surface area contributed by atoms with Crippen LogP contribution in [0.5, 0.6) is 0 Å². The fourth-order valence-electron chi connectivity index (χ4n) is 1.99. The van der Waals surface area contributed by atoms with E-state index in [2.05, 4.69) is 10.3 Å². The molecule has 0 unspecified atom stereocenters. The number of nitrogens with two attached hydrogens (primary N) is 1. The molecule has 0 aliphatic rings. The molecule has 0 saturated carbocycles. The molecular formula is C15H11FN4O2. The fraction of sp³-hybridized carbons (Fsp3) is 0. The number of rotatable bonds is 3. The maximum atomic E-state index is 13.1. The van der Waals surface area contributed by atoms with E-state index in [1.807, 2.05) is 0 Å². The van der Waals surface area contributed by atoms with Crippen molar-refractivity contribution < 1.29 is 14.0 Å². The highest BCUT2D eigenvalue weighted by Crippen LogP contribution is 2.12. The Balaban J connectivity index is 1.81. The van der Waals surface area contributed by atoms with Crippen molar-refractivity contribution >= 4 is 23.1 Å². The Labute approximate surface area is 124 Å². The second-order valence-electron chi connectivity index (χ2n) is 4.63. The number of primary amides is 1. The summed E-state index contributed by atoms with van der Waals surface area (Å²) < 4.78 is 14.5. The van der Waals surface area contributed by atoms with E-state index in [9.17, 15) is 14.0 Å². The minimum absolute atomic E-state index is 0.157. The van der Waals surface area contributed by atoms with Gasteiger partial charge in [0.2, 0.25) is 5.91 Å². The third-order valence-corrected chi connectivity index (χ3v) is 3.07. The first-order valence-electron chi connectivity index (χ1n) is 6.38. The van der Waals surface area contributed by atoms with Crippen molar-refractivity contribution in [3.63, 3.8) is 0 Å². The number of aromatic nitrogens is 2. The van der Waals surface area contributed by atoms with E-state index >= 15 is 0 Å². The summed E-state index contributed by atoms with van der Waals surface area (Å²) >= 11 is 0. The average molecular weight is 298 g/mol. The molecule has 3 N–H and O–H groups in total. The number of fused-ring (bicyclic) bond motifs is 1. The molecule has 0 fully saturated rings. The number of carbonyl (C=O) groups excluding carboxylic acids is 2. The molecule has 2 aromatic heterocycles. The van der Waals surface area contributed by atoms with Crippen molar-refractivity contribution in [3.05, 3.63) is 65.9 Å². The van der Waals surface area contributed by atoms with Crippen molar-refractivity contribution in [2.45, 2.75) is 0 Å². The number of anilines is 1. The lowest BCUT2D eigenvalue weighted by molar-refractivity contribution is 0.0998. The smallest absolute Gasteiger partial charge is 0.275 e. The average Bonchev–Trinajstić information content (AvgIpc) is 2.91. The highest BCUT2D eigenvalue weighted by molar-refractivity contribution is 6.03. The number of pyridine rings is 1. The SMILES string of the molecule is NC(=O)c1ccc(NC(=O)c2cn3cc(F)ccc3n2)cc1. The molecule has 2 heterocycles. The number of halogens is 1. The summed E-state index contributed by atoms with van der Waals surface area (Å²) in [5.41, 5.74) is 6.61. The van der Waals surface area contributed by atoms with Gasteiger partial charge in [0, 0.05) is 23.6 Å². The Bertz CT molecular complexity index is 871. The van der Waals surface area contributed by atoms with Crippen LogP contribution in [0.1, 0.15) is 20.8 Å². The number of hydrogen-bond acceptors (Lipinski definition) is 3. The van der Waals surface area contributed by atoms with Gasteiger partial charge in [-0.05, 0) is 36.4 Å². The van der Waals surface area contributed by atoms with Crippen molar-refractivity contribution in [3.8, 4) is 0 Å². The molecule has 110 valence electrons. The first-order chi connectivity index (χ1) is 10.5. The standard InChI is InChI=1S/C15H11FN4O2/c16-10-3-6-13-19-12(8-20(13)7-10)15(22)18-11-4-1-9(2-5-11)14(17)21/h1-8H,(H2,17,21)(H,18,22). The van der Waals surface area contributed by atoms with Crippen molar-refractivity contribution in [1.29, 1.82) is 0 Å². The van der Waals surface area contributed by atoms with Gasteiger partial charge in [0.25, 0.3) is 5.91 Å². The molecule has 0 saturated heterocycles. The lowest BCUT2D eigenvalue weighted by Gasteiger charge is -2.03. The van der Waals surface area contributed by atoms with Gasteiger partial charge in [0.15, 0.2) is 0 Å². The number of nitrogens with zero attached hydrogens (tertiary/aromatic N) is 2. The molecule has 3 rings (SSSR count). The van der Waals surface area contributed by atoms with Crippen LogP contribution < -0.4 is 11.1 Å². The number of imidazole rings is 1. The molecule has 6 nitrogen and oxygen atoms in total. The Morgan fingerprint density at radius 2 is 1.82 bits per heavy atom. The number of carbonyl (C=O) groups is 2. The van der Waals surface area contributed by atoms with Crippen molar-refractivity contribution in [1.82, 2.24) is 9.38 Å². The van der Waals surface area contributed by atoms with Crippen LogP contribution in [0, 0.1) is 5.82 Å². The predicted molar refractivity (Wildman–Crippen MR) is 78.1 cm³/mol. The minimum atomic E-state index is -0.541. The summed E-state index contributed by atoms with van der Waals surface area (Å²) in [4.78, 5) is 27.2. The molecule has 0 bridgehead atoms. The quantitative estimate of drug-likeness (QED) is 0.773. The summed E-state index contributed by atoms with van der Waals surface area (Å²) in [6, 6.07) is 8.90. The molecule has 0 radical (unpaired) electrons. The van der Waals surface area contributed by atoms with Gasteiger partial charge >= 0.3 is 0 Å². The molecule has 2 amide bonds. The Morgan fingerprint density at radius 3 is 2.50 bits per heavy atom. The lowest BCUT2D eigenvalue weighted by atomic mass is 10.2. The van der Waals surface area contributed by atoms with Crippen LogP contribution in [-0.2, 0) is 0 Å². The molecule has 3 aromatic rings. The topological polar surface area (TPSA) is 89.5 Å². The van der Waals surface area contributed by atoms with E-state index < -0.39 is 17.6 Å². The predicted octanol–water partition coefficient (Wildman–Crippen LogP) is 1.82. The molecule has 0 atom stereocenters. The number of benzene rings is 1. The molecular weight excluding hydrogens is 287 g/mol. The first-order valence-corrected chi connectivity index (χ1v) is 6.38. The van der Waals surface area contributed by atoms with Crippen molar-refractivity contribution in [2.75, 3.05) is 5.32 Å². The van der Waals surface area contributed by atoms with E-state index in [0.29, 0.717) is 16.9 Å². The Morgan fingerprint density at radius 1 is 1.09 bits per heavy atom. The molecule has 1 aromatic carbocycles. The fourth-order valence-corrected chi connectivity index (χ4v) is 1.99. The summed E-state index contributed by atoms with van der Waals surface area (Å²) in [5, 5.41) is 2.64. The van der Waals surface area contributed by atoms with Crippen LogP contribution in [0.25, 0.3) is 5.65 Å². The highest BCUT2D eigenvalue weighted by Gasteiger charge is 2.11. The van der Waals surface area contributed by atoms with Gasteiger partial charge in [-0.2, -0.15) is 0 Å². The second-order valence-corrected chi connectivity index (χ2v) is 4.63. The van der Waals surface area contributed by atoms with Crippen LogP contribution in [0.15, 0.2) is 48.8 Å². The highest BCUT2D eigenvalue weighted by atomic mass is 19.1. The molecule has 0 aliphatic carbocycles. The zero-order chi connectivity index (χ0) is 15.7. The summed E-state index contributed by atoms with van der Waals surface area (Å²) in [6.07, 6.45) is 2.67. The maximum absolute atomic E-state index is 13.1. The van der Waals surface area contributed by atoms with Gasteiger partial charge in [-0.3, -0.25) is 9.59 Å². The van der Waals surface area contributed by atoms with E-state index in [0.717, 1.165) is 0 Å². The van der Waals surface area contributed by atoms with E-state index in [1.54, 1.807) is 12.1 Å². The van der Waals surface area contributed by atoms with Gasteiger partial charge in [0.05, 0.1) is 0 Å². The summed E-state index contributed by atoms with van der Waals surface area (Å²) in [6.45, 7) is 0. The van der Waals surface area contributed by atoms with Crippen molar-refractivity contribution in [2.24, 2.45) is 5.73 Å². The third kappa shape index (κ3) is 2.64. The van der Waals surface area contributed by atoms with Crippen LogP contribution in [0.2, 0.25) is 0 Å². The summed E-state index contributed by atoms with van der Waals surface area (Å²) in [5.74, 6) is -1.39. The van der Waals surface area contributed by atoms with Crippen LogP contribution in [0.4, 0.5) is 10.1 Å². The van der Waals surface area contributed by atoms with Crippen LogP contribution in [0.3, 0.4) is 0 Å². The molecule has 0 spiro atoms. The third-order valence-electron chi connectivity index (χ3n) is 3.07. The van der Waals surface area contributed by atoms with Gasteiger partial charge in [-0.25, -0.2) is 9.37 Å². The van der Waals surface area contributed by atoms with E-state index in [-0.39, 0.29) is 5.69 Å². The summed E-state index contributed by atoms with van der Waals surface area (Å²) in [7, 11) is 0. The maximum Gasteiger partial charge on any atom is 0.275 e. The first kappa shape index (κ1) is 13.7. The van der Waals surface area contributed by atoms with Gasteiger partial charge in [-0.1, -0.05) is 0 Å². The van der Waals surface area contributed by atoms with E-state index in [4.69, 9.17) is 5.73 Å². The monoisotopic (exact) mass is 298 g/mol. The largest absolute Gasteiger partial charge is 0.366 e. The Hall–Kier alpha value is -3.22. The molecule has 22 heavy (non-hydrogen) atoms. The van der Waals surface area contributed by atoms with Gasteiger partial charge in [0.1, 0.15) is 17.2 Å². The van der Waals surface area contributed by atoms with Gasteiger partial charge in [-0.15, -0.1) is 0 Å². The zero-order valence-electron chi connectivity index (χ0n) is 11.3. The minimum Gasteiger partial charge on any atom is -0.366 e. The molecule has 7 heteroatoms. The van der Waals surface area contributed by atoms with Crippen LogP contribution in [-0.4, -0.2) is 21.2 Å². The molecule has 0 aliphatic heterocycles. The normalized spacial score (nSPS) is 10.6. The zero-order valence-corrected chi connectivity index (χ0v) is 11.3. The second kappa shape index (κ2) is 5.28. The van der Waals surface area contributed by atoms with Crippen LogP contribution >= 0.6 is 0 Å². The van der Waals surface area contributed by atoms with Gasteiger partial charge < -0.3 is 15.5 Å². The number of amides is 2. The number of hydrogen-bond donors (Lipinski definition) is 2. The number of nitrogens with one attached hydrogen (secondary N) is 1. The van der Waals surface area contributed by atoms with E-state index in [1.165, 1.54) is 41.1 Å². The lowest BCUT2D eigenvalue weighted by Crippen LogP contribution is -2.13.